The van der Waals surface area contributed by atoms with Crippen LogP contribution in [0.4, 0.5) is 0 Å². The van der Waals surface area contributed by atoms with Gasteiger partial charge in [0.05, 0.1) is 30.1 Å². The van der Waals surface area contributed by atoms with Crippen molar-refractivity contribution in [3.8, 4) is 0 Å². The van der Waals surface area contributed by atoms with Crippen LogP contribution in [0.15, 0.2) is 65.2 Å². The van der Waals surface area contributed by atoms with Gasteiger partial charge in [0.25, 0.3) is 5.91 Å². The highest BCUT2D eigenvalue weighted by atomic mass is 16.5. The average molecular weight is 455 g/mol. The highest BCUT2D eigenvalue weighted by molar-refractivity contribution is 6.06. The van der Waals surface area contributed by atoms with Crippen LogP contribution in [0.2, 0.25) is 0 Å². The van der Waals surface area contributed by atoms with Gasteiger partial charge in [-0.15, -0.1) is 0 Å². The number of methoxy groups -OCH3 is 1. The van der Waals surface area contributed by atoms with Crippen molar-refractivity contribution in [3.05, 3.63) is 72.1 Å². The Morgan fingerprint density at radius 2 is 1.79 bits per heavy atom. The molecule has 2 aromatic heterocycles. The van der Waals surface area contributed by atoms with E-state index in [0.29, 0.717) is 12.1 Å². The van der Waals surface area contributed by atoms with Crippen molar-refractivity contribution in [3.63, 3.8) is 0 Å². The number of aromatic nitrogens is 1. The normalized spacial score (nSPS) is 26.0. The zero-order valence-electron chi connectivity index (χ0n) is 19.1. The molecule has 4 aromatic rings. The molecule has 0 saturated heterocycles. The van der Waals surface area contributed by atoms with Crippen molar-refractivity contribution in [2.75, 3.05) is 7.11 Å². The topological polar surface area (TPSA) is 73.5 Å². The second kappa shape index (κ2) is 6.53. The number of nitrogens with one attached hydrogen (secondary N) is 1. The molecule has 6 heteroatoms. The first-order chi connectivity index (χ1) is 16.5. The molecular weight excluding hydrogens is 428 g/mol. The Morgan fingerprint density at radius 1 is 1.03 bits per heavy atom. The van der Waals surface area contributed by atoms with E-state index in [1.807, 2.05) is 54.7 Å². The Bertz CT molecular complexity index is 1440. The number of hydrogen-bond donors (Lipinski definition) is 1. The summed E-state index contributed by atoms with van der Waals surface area (Å²) in [4.78, 5) is 25.7. The molecule has 1 N–H and O–H groups in total. The lowest BCUT2D eigenvalue weighted by Crippen LogP contribution is -2.73. The molecule has 4 aliphatic rings. The number of benzene rings is 2. The summed E-state index contributed by atoms with van der Waals surface area (Å²) in [5.41, 5.74) is 2.04. The fourth-order valence-electron chi connectivity index (χ4n) is 6.78. The van der Waals surface area contributed by atoms with Gasteiger partial charge in [0, 0.05) is 22.5 Å². The molecule has 0 spiro atoms. The maximum Gasteiger partial charge on any atom is 0.311 e. The number of para-hydroxylation sites is 2. The SMILES string of the molecule is COC(=O)C12CC(C3(NC(=O)c4cccc5ccn(Cc6cc7ccccc7o6)c45)CC3)(C1)C2. The molecule has 6 nitrogen and oxygen atoms in total. The number of furan rings is 1. The summed E-state index contributed by atoms with van der Waals surface area (Å²) in [5.74, 6) is 0.726. The van der Waals surface area contributed by atoms with Crippen LogP contribution in [0.25, 0.3) is 21.9 Å². The number of nitrogens with zero attached hydrogens (tertiary/aromatic N) is 1. The minimum atomic E-state index is -0.295. The Kier molecular flexibility index (Phi) is 3.82. The fraction of sp³-hybridized carbons (Fsp3) is 0.357. The lowest BCUT2D eigenvalue weighted by atomic mass is 9.32. The van der Waals surface area contributed by atoms with E-state index in [2.05, 4.69) is 16.0 Å². The molecule has 4 fully saturated rings. The van der Waals surface area contributed by atoms with Crippen LogP contribution in [0.1, 0.15) is 48.2 Å². The van der Waals surface area contributed by atoms with Crippen molar-refractivity contribution in [1.82, 2.24) is 9.88 Å². The second-order valence-electron chi connectivity index (χ2n) is 10.6. The summed E-state index contributed by atoms with van der Waals surface area (Å²) < 4.78 is 13.1. The molecule has 4 saturated carbocycles. The third-order valence-corrected chi connectivity index (χ3v) is 8.60. The number of hydrogen-bond acceptors (Lipinski definition) is 4. The highest BCUT2D eigenvalue weighted by Gasteiger charge is 2.81. The van der Waals surface area contributed by atoms with E-state index >= 15 is 0 Å². The molecule has 2 heterocycles. The van der Waals surface area contributed by atoms with Crippen molar-refractivity contribution in [2.24, 2.45) is 10.8 Å². The maximum absolute atomic E-state index is 13.6. The summed E-state index contributed by atoms with van der Waals surface area (Å²) in [7, 11) is 1.46. The highest BCUT2D eigenvalue weighted by Crippen LogP contribution is 2.81. The number of rotatable bonds is 6. The van der Waals surface area contributed by atoms with Crippen molar-refractivity contribution in [2.45, 2.75) is 44.2 Å². The third kappa shape index (κ3) is 2.57. The number of amides is 1. The number of carbonyl (C=O) groups is 2. The first kappa shape index (κ1) is 19.9. The molecule has 0 radical (unpaired) electrons. The molecule has 2 aromatic carbocycles. The summed E-state index contributed by atoms with van der Waals surface area (Å²) in [6.07, 6.45) is 6.47. The van der Waals surface area contributed by atoms with Gasteiger partial charge in [-0.1, -0.05) is 30.3 Å². The van der Waals surface area contributed by atoms with E-state index in [-0.39, 0.29) is 28.2 Å². The number of esters is 1. The van der Waals surface area contributed by atoms with Crippen molar-refractivity contribution in [1.29, 1.82) is 0 Å². The van der Waals surface area contributed by atoms with E-state index in [1.165, 1.54) is 7.11 Å². The van der Waals surface area contributed by atoms with Gasteiger partial charge < -0.3 is 19.0 Å². The van der Waals surface area contributed by atoms with E-state index < -0.39 is 0 Å². The minimum Gasteiger partial charge on any atom is -0.469 e. The smallest absolute Gasteiger partial charge is 0.311 e. The summed E-state index contributed by atoms with van der Waals surface area (Å²) in [6, 6.07) is 18.0. The standard InChI is InChI=1S/C28H26N2O4/c1-33-25(32)26-15-27(16-26,17-26)28(10-11-28)29-24(31)21-7-4-6-18-9-12-30(23(18)21)14-20-13-19-5-2-3-8-22(19)34-20/h2-9,12-13H,10-11,14-17H2,1H3,(H,29,31). The van der Waals surface area contributed by atoms with Crippen LogP contribution < -0.4 is 5.32 Å². The molecule has 4 aliphatic carbocycles. The monoisotopic (exact) mass is 454 g/mol. The van der Waals surface area contributed by atoms with E-state index in [9.17, 15) is 9.59 Å². The van der Waals surface area contributed by atoms with Crippen LogP contribution in [-0.4, -0.2) is 29.1 Å². The molecule has 172 valence electrons. The zero-order chi connectivity index (χ0) is 23.1. The molecule has 2 bridgehead atoms. The minimum absolute atomic E-state index is 0.0375. The van der Waals surface area contributed by atoms with Gasteiger partial charge >= 0.3 is 5.97 Å². The number of ether oxygens (including phenoxy) is 1. The fourth-order valence-corrected chi connectivity index (χ4v) is 6.78. The quantitative estimate of drug-likeness (QED) is 0.414. The van der Waals surface area contributed by atoms with Gasteiger partial charge in [0.15, 0.2) is 0 Å². The molecule has 34 heavy (non-hydrogen) atoms. The van der Waals surface area contributed by atoms with Crippen LogP contribution in [0, 0.1) is 10.8 Å². The molecule has 1 amide bonds. The summed E-state index contributed by atoms with van der Waals surface area (Å²) in [5, 5.41) is 5.51. The van der Waals surface area contributed by atoms with Crippen LogP contribution in [0.3, 0.4) is 0 Å². The summed E-state index contributed by atoms with van der Waals surface area (Å²) in [6.45, 7) is 0.555. The molecule has 0 unspecified atom stereocenters. The van der Waals surface area contributed by atoms with Crippen LogP contribution in [-0.2, 0) is 16.1 Å². The second-order valence-corrected chi connectivity index (χ2v) is 10.6. The van der Waals surface area contributed by atoms with Gasteiger partial charge in [0.1, 0.15) is 11.3 Å². The molecule has 0 aliphatic heterocycles. The Balaban J connectivity index is 1.16. The summed E-state index contributed by atoms with van der Waals surface area (Å²) >= 11 is 0. The number of fused-ring (bicyclic) bond motifs is 2. The Labute approximate surface area is 196 Å². The van der Waals surface area contributed by atoms with Crippen molar-refractivity contribution < 1.29 is 18.7 Å². The predicted molar refractivity (Wildman–Crippen MR) is 127 cm³/mol. The van der Waals surface area contributed by atoms with Gasteiger partial charge in [-0.2, -0.15) is 0 Å². The third-order valence-electron chi connectivity index (χ3n) is 8.60. The van der Waals surface area contributed by atoms with Crippen LogP contribution in [0.5, 0.6) is 0 Å². The van der Waals surface area contributed by atoms with E-state index in [1.54, 1.807) is 0 Å². The average Bonchev–Trinajstić information content (AvgIpc) is 3.25. The molecule has 8 rings (SSSR count). The zero-order valence-corrected chi connectivity index (χ0v) is 19.1. The first-order valence-electron chi connectivity index (χ1n) is 11.9. The Hall–Kier alpha value is -3.54. The first-order valence-corrected chi connectivity index (χ1v) is 11.9. The van der Waals surface area contributed by atoms with Crippen molar-refractivity contribution >= 4 is 33.7 Å². The van der Waals surface area contributed by atoms with Gasteiger partial charge in [-0.3, -0.25) is 9.59 Å². The molecule has 0 atom stereocenters. The maximum atomic E-state index is 13.6. The number of carbonyl (C=O) groups excluding carboxylic acids is 2. The lowest BCUT2D eigenvalue weighted by molar-refractivity contribution is -0.239. The van der Waals surface area contributed by atoms with Gasteiger partial charge in [0.2, 0.25) is 0 Å². The molecular formula is C28H26N2O4. The predicted octanol–water partition coefficient (Wildman–Crippen LogP) is 5.04. The largest absolute Gasteiger partial charge is 0.469 e. The lowest BCUT2D eigenvalue weighted by Gasteiger charge is -2.71. The van der Waals surface area contributed by atoms with E-state index in [4.69, 9.17) is 9.15 Å². The van der Waals surface area contributed by atoms with E-state index in [0.717, 1.165) is 59.7 Å². The van der Waals surface area contributed by atoms with Crippen LogP contribution >= 0.6 is 0 Å². The Morgan fingerprint density at radius 3 is 2.53 bits per heavy atom. The van der Waals surface area contributed by atoms with Gasteiger partial charge in [-0.05, 0) is 61.8 Å². The van der Waals surface area contributed by atoms with Gasteiger partial charge in [-0.25, -0.2) is 0 Å².